The third-order valence-electron chi connectivity index (χ3n) is 1.77. The molecule has 0 aliphatic heterocycles. The Bertz CT molecular complexity index is 248. The molecule has 1 rings (SSSR count). The molecule has 1 aromatic rings. The summed E-state index contributed by atoms with van der Waals surface area (Å²) in [6.07, 6.45) is 1.82. The number of likely N-dealkylation sites (N-methyl/N-ethyl adjacent to an activating group) is 1. The van der Waals surface area contributed by atoms with Crippen LogP contribution in [0.5, 0.6) is 0 Å². The summed E-state index contributed by atoms with van der Waals surface area (Å²) in [5.74, 6) is 0.956. The smallest absolute Gasteiger partial charge is 0.126 e. The van der Waals surface area contributed by atoms with E-state index in [-0.39, 0.29) is 0 Å². The fourth-order valence-electron chi connectivity index (χ4n) is 1.09. The van der Waals surface area contributed by atoms with Crippen LogP contribution in [-0.4, -0.2) is 24.6 Å². The minimum Gasteiger partial charge on any atom is -0.369 e. The lowest BCUT2D eigenvalue weighted by Crippen LogP contribution is -2.21. The van der Waals surface area contributed by atoms with Crippen LogP contribution >= 0.6 is 0 Å². The second kappa shape index (κ2) is 5.54. The van der Waals surface area contributed by atoms with Crippen molar-refractivity contribution in [1.29, 1.82) is 0 Å². The van der Waals surface area contributed by atoms with E-state index in [1.165, 1.54) is 5.56 Å². The molecule has 2 N–H and O–H groups in total. The maximum Gasteiger partial charge on any atom is 0.126 e. The van der Waals surface area contributed by atoms with E-state index in [2.05, 4.69) is 29.5 Å². The summed E-state index contributed by atoms with van der Waals surface area (Å²) >= 11 is 0. The zero-order valence-corrected chi connectivity index (χ0v) is 8.30. The van der Waals surface area contributed by atoms with Crippen LogP contribution < -0.4 is 10.6 Å². The van der Waals surface area contributed by atoms with Gasteiger partial charge in [0.25, 0.3) is 0 Å². The van der Waals surface area contributed by atoms with Crippen molar-refractivity contribution in [2.24, 2.45) is 0 Å². The van der Waals surface area contributed by atoms with E-state index in [1.807, 2.05) is 18.3 Å². The Morgan fingerprint density at radius 3 is 2.92 bits per heavy atom. The molecule has 0 fully saturated rings. The molecule has 0 bridgehead atoms. The summed E-state index contributed by atoms with van der Waals surface area (Å²) in [5, 5.41) is 6.49. The minimum absolute atomic E-state index is 0.921. The molecule has 0 unspecified atom stereocenters. The number of rotatable bonds is 5. The molecule has 0 aliphatic carbocycles. The third kappa shape index (κ3) is 3.90. The van der Waals surface area contributed by atoms with E-state index in [1.54, 1.807) is 0 Å². The van der Waals surface area contributed by atoms with Crippen LogP contribution in [0.25, 0.3) is 0 Å². The van der Waals surface area contributed by atoms with Gasteiger partial charge in [-0.15, -0.1) is 0 Å². The average Bonchev–Trinajstić information content (AvgIpc) is 2.13. The van der Waals surface area contributed by atoms with Gasteiger partial charge in [-0.1, -0.05) is 6.92 Å². The largest absolute Gasteiger partial charge is 0.369 e. The first-order valence-electron chi connectivity index (χ1n) is 4.70. The second-order valence-electron chi connectivity index (χ2n) is 3.00. The first-order valence-corrected chi connectivity index (χ1v) is 4.70. The van der Waals surface area contributed by atoms with Gasteiger partial charge in [0, 0.05) is 19.3 Å². The van der Waals surface area contributed by atoms with E-state index in [0.717, 1.165) is 25.5 Å². The topological polar surface area (TPSA) is 37.0 Å². The number of hydrogen-bond donors (Lipinski definition) is 2. The zero-order chi connectivity index (χ0) is 9.52. The van der Waals surface area contributed by atoms with Gasteiger partial charge in [0.1, 0.15) is 5.82 Å². The number of aromatic nitrogens is 1. The van der Waals surface area contributed by atoms with Gasteiger partial charge < -0.3 is 10.6 Å². The Morgan fingerprint density at radius 2 is 2.23 bits per heavy atom. The molecule has 13 heavy (non-hydrogen) atoms. The molecular weight excluding hydrogens is 162 g/mol. The van der Waals surface area contributed by atoms with Crippen molar-refractivity contribution >= 4 is 5.82 Å². The van der Waals surface area contributed by atoms with Gasteiger partial charge in [-0.05, 0) is 31.2 Å². The van der Waals surface area contributed by atoms with Crippen molar-refractivity contribution in [3.8, 4) is 0 Å². The molecule has 0 aromatic carbocycles. The van der Waals surface area contributed by atoms with Crippen LogP contribution in [0.2, 0.25) is 0 Å². The van der Waals surface area contributed by atoms with E-state index >= 15 is 0 Å². The Hall–Kier alpha value is -1.09. The van der Waals surface area contributed by atoms with Crippen molar-refractivity contribution in [3.05, 3.63) is 23.9 Å². The summed E-state index contributed by atoms with van der Waals surface area (Å²) in [7, 11) is 0. The summed E-state index contributed by atoms with van der Waals surface area (Å²) in [4.78, 5) is 4.20. The van der Waals surface area contributed by atoms with Crippen LogP contribution in [0.15, 0.2) is 18.3 Å². The number of pyridine rings is 1. The molecule has 1 heterocycles. The first kappa shape index (κ1) is 9.99. The first-order chi connectivity index (χ1) is 6.33. The molecule has 0 atom stereocenters. The zero-order valence-electron chi connectivity index (χ0n) is 8.30. The van der Waals surface area contributed by atoms with Crippen molar-refractivity contribution in [3.63, 3.8) is 0 Å². The standard InChI is InChI=1S/C10H17N3/c1-3-11-6-7-13-10-8-9(2)4-5-12-10/h4-5,8,11H,3,6-7H2,1-2H3,(H,12,13). The van der Waals surface area contributed by atoms with Crippen LogP contribution in [-0.2, 0) is 0 Å². The van der Waals surface area contributed by atoms with E-state index in [4.69, 9.17) is 0 Å². The number of aryl methyl sites for hydroxylation is 1. The molecule has 0 amide bonds. The SMILES string of the molecule is CCNCCNc1cc(C)ccn1. The normalized spacial score (nSPS) is 10.0. The molecule has 0 radical (unpaired) electrons. The highest BCUT2D eigenvalue weighted by Crippen LogP contribution is 2.03. The Morgan fingerprint density at radius 1 is 1.38 bits per heavy atom. The fraction of sp³-hybridized carbons (Fsp3) is 0.500. The monoisotopic (exact) mass is 179 g/mol. The predicted octanol–water partition coefficient (Wildman–Crippen LogP) is 1.41. The Labute approximate surface area is 79.6 Å². The van der Waals surface area contributed by atoms with Crippen LogP contribution in [0.4, 0.5) is 5.82 Å². The lowest BCUT2D eigenvalue weighted by molar-refractivity contribution is 0.738. The van der Waals surface area contributed by atoms with Crippen molar-refractivity contribution in [2.45, 2.75) is 13.8 Å². The third-order valence-corrected chi connectivity index (χ3v) is 1.77. The van der Waals surface area contributed by atoms with Crippen molar-refractivity contribution in [1.82, 2.24) is 10.3 Å². The highest BCUT2D eigenvalue weighted by Gasteiger charge is 1.91. The van der Waals surface area contributed by atoms with Crippen LogP contribution in [0, 0.1) is 6.92 Å². The molecule has 0 saturated heterocycles. The molecule has 0 saturated carbocycles. The number of hydrogen-bond acceptors (Lipinski definition) is 3. The molecule has 0 spiro atoms. The molecular formula is C10H17N3. The summed E-state index contributed by atoms with van der Waals surface area (Å²) in [5.41, 5.74) is 1.24. The maximum absolute atomic E-state index is 4.20. The molecule has 1 aromatic heterocycles. The van der Waals surface area contributed by atoms with E-state index < -0.39 is 0 Å². The second-order valence-corrected chi connectivity index (χ2v) is 3.00. The minimum atomic E-state index is 0.921. The van der Waals surface area contributed by atoms with Crippen molar-refractivity contribution in [2.75, 3.05) is 25.0 Å². The lowest BCUT2D eigenvalue weighted by Gasteiger charge is -2.05. The van der Waals surface area contributed by atoms with Gasteiger partial charge >= 0.3 is 0 Å². The van der Waals surface area contributed by atoms with E-state index in [0.29, 0.717) is 0 Å². The van der Waals surface area contributed by atoms with Gasteiger partial charge in [0.2, 0.25) is 0 Å². The molecule has 3 heteroatoms. The van der Waals surface area contributed by atoms with Gasteiger partial charge in [0.05, 0.1) is 0 Å². The van der Waals surface area contributed by atoms with Gasteiger partial charge in [-0.25, -0.2) is 4.98 Å². The molecule has 72 valence electrons. The van der Waals surface area contributed by atoms with Crippen LogP contribution in [0.1, 0.15) is 12.5 Å². The Kier molecular flexibility index (Phi) is 4.26. The number of nitrogens with one attached hydrogen (secondary N) is 2. The van der Waals surface area contributed by atoms with Crippen molar-refractivity contribution < 1.29 is 0 Å². The molecule has 0 aliphatic rings. The lowest BCUT2D eigenvalue weighted by atomic mass is 10.3. The summed E-state index contributed by atoms with van der Waals surface area (Å²) in [6.45, 7) is 7.08. The van der Waals surface area contributed by atoms with Crippen LogP contribution in [0.3, 0.4) is 0 Å². The number of anilines is 1. The van der Waals surface area contributed by atoms with E-state index in [9.17, 15) is 0 Å². The highest BCUT2D eigenvalue weighted by atomic mass is 15.0. The fourth-order valence-corrected chi connectivity index (χ4v) is 1.09. The van der Waals surface area contributed by atoms with Gasteiger partial charge in [-0.3, -0.25) is 0 Å². The summed E-state index contributed by atoms with van der Waals surface area (Å²) in [6, 6.07) is 4.04. The molecule has 3 nitrogen and oxygen atoms in total. The van der Waals surface area contributed by atoms with Gasteiger partial charge in [0.15, 0.2) is 0 Å². The summed E-state index contributed by atoms with van der Waals surface area (Å²) < 4.78 is 0. The Balaban J connectivity index is 2.28. The highest BCUT2D eigenvalue weighted by molar-refractivity contribution is 5.36. The predicted molar refractivity (Wildman–Crippen MR) is 56.0 cm³/mol. The average molecular weight is 179 g/mol. The quantitative estimate of drug-likeness (QED) is 0.671. The maximum atomic E-state index is 4.20. The van der Waals surface area contributed by atoms with Gasteiger partial charge in [-0.2, -0.15) is 0 Å². The number of nitrogens with zero attached hydrogens (tertiary/aromatic N) is 1.